The van der Waals surface area contributed by atoms with Gasteiger partial charge in [0.1, 0.15) is 6.26 Å². The minimum Gasteiger partial charge on any atom is -0.461 e. The maximum absolute atomic E-state index is 11.6. The summed E-state index contributed by atoms with van der Waals surface area (Å²) in [7, 11) is 1.67. The molecule has 2 rings (SSSR count). The molecule has 112 valence electrons. The van der Waals surface area contributed by atoms with Crippen molar-refractivity contribution in [2.45, 2.75) is 32.7 Å². The van der Waals surface area contributed by atoms with E-state index in [9.17, 15) is 4.79 Å². The summed E-state index contributed by atoms with van der Waals surface area (Å²) in [5.74, 6) is 0.220. The predicted molar refractivity (Wildman–Crippen MR) is 73.9 cm³/mol. The molecule has 6 heteroatoms. The maximum atomic E-state index is 11.6. The van der Waals surface area contributed by atoms with E-state index in [1.54, 1.807) is 14.0 Å². The fourth-order valence-electron chi connectivity index (χ4n) is 2.19. The zero-order chi connectivity index (χ0) is 14.5. The Labute approximate surface area is 119 Å². The Morgan fingerprint density at radius 3 is 2.95 bits per heavy atom. The van der Waals surface area contributed by atoms with Crippen molar-refractivity contribution in [3.05, 3.63) is 12.0 Å². The highest BCUT2D eigenvalue weighted by molar-refractivity contribution is 5.87. The molecule has 1 fully saturated rings. The summed E-state index contributed by atoms with van der Waals surface area (Å²) in [6, 6.07) is 0.795. The van der Waals surface area contributed by atoms with Gasteiger partial charge in [0.15, 0.2) is 5.69 Å². The van der Waals surface area contributed by atoms with Crippen molar-refractivity contribution in [1.82, 2.24) is 4.98 Å². The van der Waals surface area contributed by atoms with Gasteiger partial charge in [-0.2, -0.15) is 4.98 Å². The van der Waals surface area contributed by atoms with Crippen LogP contribution in [0.25, 0.3) is 0 Å². The quantitative estimate of drug-likeness (QED) is 0.680. The Morgan fingerprint density at radius 1 is 1.60 bits per heavy atom. The highest BCUT2D eigenvalue weighted by Crippen LogP contribution is 2.36. The Morgan fingerprint density at radius 2 is 2.35 bits per heavy atom. The monoisotopic (exact) mass is 282 g/mol. The Bertz CT molecular complexity index is 442. The molecule has 0 spiro atoms. The number of carbonyl (C=O) groups is 1. The van der Waals surface area contributed by atoms with Crippen LogP contribution in [0.5, 0.6) is 0 Å². The summed E-state index contributed by atoms with van der Waals surface area (Å²) < 4.78 is 15.5. The van der Waals surface area contributed by atoms with Gasteiger partial charge in [-0.25, -0.2) is 4.79 Å². The van der Waals surface area contributed by atoms with Crippen molar-refractivity contribution in [2.24, 2.45) is 5.92 Å². The van der Waals surface area contributed by atoms with Gasteiger partial charge in [0, 0.05) is 19.7 Å². The van der Waals surface area contributed by atoms with Gasteiger partial charge in [0.05, 0.1) is 13.2 Å². The molecule has 1 saturated carbocycles. The number of rotatable bonds is 8. The highest BCUT2D eigenvalue weighted by Gasteiger charge is 2.34. The molecule has 1 atom stereocenters. The molecule has 0 N–H and O–H groups in total. The number of hydrogen-bond donors (Lipinski definition) is 0. The normalized spacial score (nSPS) is 15.9. The third-order valence-electron chi connectivity index (χ3n) is 3.55. The van der Waals surface area contributed by atoms with E-state index in [0.29, 0.717) is 37.7 Å². The summed E-state index contributed by atoms with van der Waals surface area (Å²) in [4.78, 5) is 17.9. The third kappa shape index (κ3) is 3.50. The second-order valence-corrected chi connectivity index (χ2v) is 5.00. The summed E-state index contributed by atoms with van der Waals surface area (Å²) in [5, 5.41) is 0. The standard InChI is InChI=1S/C14H22N2O4/c1-4-19-13(17)12-9-20-14(15-12)16(7-8-18-3)10(2)11-5-6-11/h9-11H,4-8H2,1-3H3. The van der Waals surface area contributed by atoms with E-state index >= 15 is 0 Å². The maximum Gasteiger partial charge on any atom is 0.360 e. The minimum atomic E-state index is -0.451. The number of esters is 1. The van der Waals surface area contributed by atoms with Crippen molar-refractivity contribution in [3.63, 3.8) is 0 Å². The number of aromatic nitrogens is 1. The Hall–Kier alpha value is -1.56. The van der Waals surface area contributed by atoms with Crippen LogP contribution in [0.3, 0.4) is 0 Å². The molecule has 1 heterocycles. The second kappa shape index (κ2) is 6.74. The van der Waals surface area contributed by atoms with Crippen molar-refractivity contribution >= 4 is 12.0 Å². The zero-order valence-electron chi connectivity index (χ0n) is 12.3. The predicted octanol–water partition coefficient (Wildman–Crippen LogP) is 2.10. The van der Waals surface area contributed by atoms with Crippen LogP contribution in [-0.4, -0.2) is 43.9 Å². The van der Waals surface area contributed by atoms with Gasteiger partial charge in [0.25, 0.3) is 6.01 Å². The first kappa shape index (κ1) is 14.8. The van der Waals surface area contributed by atoms with Crippen LogP contribution < -0.4 is 4.90 Å². The molecule has 0 aliphatic heterocycles. The van der Waals surface area contributed by atoms with Crippen LogP contribution in [0.2, 0.25) is 0 Å². The van der Waals surface area contributed by atoms with Crippen LogP contribution in [-0.2, 0) is 9.47 Å². The number of anilines is 1. The molecule has 0 radical (unpaired) electrons. The molecule has 20 heavy (non-hydrogen) atoms. The average molecular weight is 282 g/mol. The molecule has 1 aromatic rings. The lowest BCUT2D eigenvalue weighted by molar-refractivity contribution is 0.0519. The fraction of sp³-hybridized carbons (Fsp3) is 0.714. The van der Waals surface area contributed by atoms with Gasteiger partial charge < -0.3 is 18.8 Å². The topological polar surface area (TPSA) is 64.8 Å². The average Bonchev–Trinajstić information content (AvgIpc) is 3.18. The highest BCUT2D eigenvalue weighted by atomic mass is 16.5. The molecular weight excluding hydrogens is 260 g/mol. The molecular formula is C14H22N2O4. The van der Waals surface area contributed by atoms with Gasteiger partial charge in [-0.3, -0.25) is 0 Å². The van der Waals surface area contributed by atoms with Crippen molar-refractivity contribution in [1.29, 1.82) is 0 Å². The van der Waals surface area contributed by atoms with E-state index in [-0.39, 0.29) is 5.69 Å². The molecule has 0 aromatic carbocycles. The van der Waals surface area contributed by atoms with E-state index in [1.807, 2.05) is 0 Å². The van der Waals surface area contributed by atoms with E-state index in [4.69, 9.17) is 13.9 Å². The van der Waals surface area contributed by atoms with Gasteiger partial charge in [-0.1, -0.05) is 0 Å². The van der Waals surface area contributed by atoms with E-state index < -0.39 is 5.97 Å². The van der Waals surface area contributed by atoms with E-state index in [1.165, 1.54) is 19.1 Å². The van der Waals surface area contributed by atoms with Crippen LogP contribution in [0.15, 0.2) is 10.7 Å². The van der Waals surface area contributed by atoms with Gasteiger partial charge in [-0.15, -0.1) is 0 Å². The summed E-state index contributed by atoms with van der Waals surface area (Å²) >= 11 is 0. The number of carbonyl (C=O) groups excluding carboxylic acids is 1. The lowest BCUT2D eigenvalue weighted by Gasteiger charge is -2.27. The fourth-order valence-corrected chi connectivity index (χ4v) is 2.19. The number of nitrogens with zero attached hydrogens (tertiary/aromatic N) is 2. The van der Waals surface area contributed by atoms with Crippen LogP contribution in [0.4, 0.5) is 6.01 Å². The molecule has 0 saturated heterocycles. The number of hydrogen-bond acceptors (Lipinski definition) is 6. The first-order chi connectivity index (χ1) is 9.67. The van der Waals surface area contributed by atoms with Crippen molar-refractivity contribution < 1.29 is 18.7 Å². The van der Waals surface area contributed by atoms with Crippen molar-refractivity contribution in [2.75, 3.05) is 31.8 Å². The lowest BCUT2D eigenvalue weighted by Crippen LogP contribution is -2.37. The minimum absolute atomic E-state index is 0.215. The van der Waals surface area contributed by atoms with Gasteiger partial charge in [-0.05, 0) is 32.6 Å². The molecule has 0 bridgehead atoms. The Balaban J connectivity index is 2.09. The summed E-state index contributed by atoms with van der Waals surface area (Å²) in [5.41, 5.74) is 0.215. The first-order valence-corrected chi connectivity index (χ1v) is 7.05. The SMILES string of the molecule is CCOC(=O)c1coc(N(CCOC)C(C)C2CC2)n1. The Kier molecular flexibility index (Phi) is 5.00. The summed E-state index contributed by atoms with van der Waals surface area (Å²) in [6.45, 7) is 5.53. The zero-order valence-corrected chi connectivity index (χ0v) is 12.3. The van der Waals surface area contributed by atoms with Crippen LogP contribution in [0.1, 0.15) is 37.2 Å². The van der Waals surface area contributed by atoms with Crippen LogP contribution >= 0.6 is 0 Å². The number of oxazole rings is 1. The second-order valence-electron chi connectivity index (χ2n) is 5.00. The lowest BCUT2D eigenvalue weighted by atomic mass is 10.2. The van der Waals surface area contributed by atoms with Gasteiger partial charge >= 0.3 is 5.97 Å². The van der Waals surface area contributed by atoms with Crippen molar-refractivity contribution in [3.8, 4) is 0 Å². The largest absolute Gasteiger partial charge is 0.461 e. The number of methoxy groups -OCH3 is 1. The van der Waals surface area contributed by atoms with E-state index in [0.717, 1.165) is 0 Å². The molecule has 1 aliphatic rings. The molecule has 0 amide bonds. The van der Waals surface area contributed by atoms with Gasteiger partial charge in [0.2, 0.25) is 0 Å². The molecule has 1 aromatic heterocycles. The third-order valence-corrected chi connectivity index (χ3v) is 3.55. The summed E-state index contributed by atoms with van der Waals surface area (Å²) in [6.07, 6.45) is 3.82. The molecule has 1 unspecified atom stereocenters. The number of ether oxygens (including phenoxy) is 2. The molecule has 6 nitrogen and oxygen atoms in total. The van der Waals surface area contributed by atoms with Crippen LogP contribution in [0, 0.1) is 5.92 Å². The first-order valence-electron chi connectivity index (χ1n) is 7.05. The molecule has 1 aliphatic carbocycles. The van der Waals surface area contributed by atoms with E-state index in [2.05, 4.69) is 16.8 Å². The smallest absolute Gasteiger partial charge is 0.360 e.